The standard InChI is InChI=1S/C15H20N2OS/c16-8-4-7-14-9-13(11-19-14)15(18)17-10-12-5-2-1-3-6-12/h9,11-12H,1-3,5-6,8,10,16H2,(H,17,18). The second-order valence-electron chi connectivity index (χ2n) is 4.92. The van der Waals surface area contributed by atoms with Crippen LogP contribution in [-0.2, 0) is 0 Å². The van der Waals surface area contributed by atoms with E-state index in [1.807, 2.05) is 11.4 Å². The monoisotopic (exact) mass is 276 g/mol. The van der Waals surface area contributed by atoms with Crippen molar-refractivity contribution in [2.24, 2.45) is 11.7 Å². The number of amides is 1. The Labute approximate surface area is 118 Å². The van der Waals surface area contributed by atoms with Crippen LogP contribution in [0.1, 0.15) is 47.3 Å². The molecule has 1 saturated carbocycles. The SMILES string of the molecule is NCC#Cc1cc(C(=O)NCC2CCCCC2)cs1. The highest BCUT2D eigenvalue weighted by Gasteiger charge is 2.15. The number of rotatable bonds is 3. The van der Waals surface area contributed by atoms with Gasteiger partial charge in [-0.3, -0.25) is 4.79 Å². The van der Waals surface area contributed by atoms with Crippen molar-refractivity contribution in [3.05, 3.63) is 21.9 Å². The van der Waals surface area contributed by atoms with Crippen molar-refractivity contribution in [1.29, 1.82) is 0 Å². The molecular formula is C15H20N2OS. The molecule has 102 valence electrons. The Hall–Kier alpha value is -1.31. The third-order valence-corrected chi connectivity index (χ3v) is 4.30. The first-order valence-electron chi connectivity index (χ1n) is 6.85. The highest BCUT2D eigenvalue weighted by atomic mass is 32.1. The van der Waals surface area contributed by atoms with Crippen LogP contribution >= 0.6 is 11.3 Å². The highest BCUT2D eigenvalue weighted by molar-refractivity contribution is 7.10. The maximum atomic E-state index is 12.0. The lowest BCUT2D eigenvalue weighted by Crippen LogP contribution is -2.29. The van der Waals surface area contributed by atoms with Gasteiger partial charge < -0.3 is 11.1 Å². The van der Waals surface area contributed by atoms with Crippen LogP contribution < -0.4 is 11.1 Å². The molecule has 2 rings (SSSR count). The molecule has 1 aromatic rings. The molecule has 1 aromatic heterocycles. The van der Waals surface area contributed by atoms with Crippen LogP contribution in [0.5, 0.6) is 0 Å². The molecule has 3 nitrogen and oxygen atoms in total. The summed E-state index contributed by atoms with van der Waals surface area (Å²) in [4.78, 5) is 12.9. The van der Waals surface area contributed by atoms with E-state index in [2.05, 4.69) is 17.2 Å². The van der Waals surface area contributed by atoms with Crippen molar-refractivity contribution in [1.82, 2.24) is 5.32 Å². The van der Waals surface area contributed by atoms with Gasteiger partial charge in [0.25, 0.3) is 5.91 Å². The first-order valence-corrected chi connectivity index (χ1v) is 7.73. The number of carbonyl (C=O) groups excluding carboxylic acids is 1. The molecular weight excluding hydrogens is 256 g/mol. The van der Waals surface area contributed by atoms with Gasteiger partial charge >= 0.3 is 0 Å². The second-order valence-corrected chi connectivity index (χ2v) is 5.83. The van der Waals surface area contributed by atoms with Crippen molar-refractivity contribution >= 4 is 17.2 Å². The summed E-state index contributed by atoms with van der Waals surface area (Å²) < 4.78 is 0. The minimum Gasteiger partial charge on any atom is -0.352 e. The van der Waals surface area contributed by atoms with Gasteiger partial charge in [-0.25, -0.2) is 0 Å². The first-order chi connectivity index (χ1) is 9.29. The molecule has 1 heterocycles. The molecule has 4 heteroatoms. The number of carbonyl (C=O) groups is 1. The fourth-order valence-electron chi connectivity index (χ4n) is 2.39. The van der Waals surface area contributed by atoms with Gasteiger partial charge in [0.05, 0.1) is 17.0 Å². The highest BCUT2D eigenvalue weighted by Crippen LogP contribution is 2.23. The van der Waals surface area contributed by atoms with Gasteiger partial charge in [-0.1, -0.05) is 31.1 Å². The lowest BCUT2D eigenvalue weighted by atomic mass is 9.89. The van der Waals surface area contributed by atoms with E-state index >= 15 is 0 Å². The number of hydrogen-bond acceptors (Lipinski definition) is 3. The van der Waals surface area contributed by atoms with Crippen molar-refractivity contribution in [2.45, 2.75) is 32.1 Å². The van der Waals surface area contributed by atoms with E-state index < -0.39 is 0 Å². The van der Waals surface area contributed by atoms with Gasteiger partial charge in [0.2, 0.25) is 0 Å². The Balaban J connectivity index is 1.83. The van der Waals surface area contributed by atoms with Crippen LogP contribution in [-0.4, -0.2) is 19.0 Å². The zero-order valence-corrected chi connectivity index (χ0v) is 11.9. The van der Waals surface area contributed by atoms with Gasteiger partial charge in [0.15, 0.2) is 0 Å². The lowest BCUT2D eigenvalue weighted by Gasteiger charge is -2.21. The fourth-order valence-corrected chi connectivity index (χ4v) is 3.14. The van der Waals surface area contributed by atoms with Crippen molar-refractivity contribution < 1.29 is 4.79 Å². The molecule has 0 bridgehead atoms. The third-order valence-electron chi connectivity index (χ3n) is 3.45. The maximum absolute atomic E-state index is 12.0. The van der Waals surface area contributed by atoms with Crippen LogP contribution in [0.2, 0.25) is 0 Å². The topological polar surface area (TPSA) is 55.1 Å². The van der Waals surface area contributed by atoms with Crippen molar-refractivity contribution in [2.75, 3.05) is 13.1 Å². The quantitative estimate of drug-likeness (QED) is 0.833. The van der Waals surface area contributed by atoms with E-state index in [9.17, 15) is 4.79 Å². The second kappa shape index (κ2) is 7.32. The van der Waals surface area contributed by atoms with Crippen LogP contribution in [0.4, 0.5) is 0 Å². The van der Waals surface area contributed by atoms with E-state index in [-0.39, 0.29) is 5.91 Å². The molecule has 0 atom stereocenters. The Morgan fingerprint density at radius 1 is 1.42 bits per heavy atom. The molecule has 1 fully saturated rings. The first kappa shape index (κ1) is 14.1. The summed E-state index contributed by atoms with van der Waals surface area (Å²) in [6.07, 6.45) is 6.45. The minimum atomic E-state index is 0.0163. The molecule has 0 aliphatic heterocycles. The number of hydrogen-bond donors (Lipinski definition) is 2. The van der Waals surface area contributed by atoms with Crippen LogP contribution in [0.3, 0.4) is 0 Å². The van der Waals surface area contributed by atoms with E-state index in [1.165, 1.54) is 43.4 Å². The molecule has 0 saturated heterocycles. The summed E-state index contributed by atoms with van der Waals surface area (Å²) in [6.45, 7) is 1.15. The lowest BCUT2D eigenvalue weighted by molar-refractivity contribution is 0.0944. The molecule has 0 unspecified atom stereocenters. The van der Waals surface area contributed by atoms with Gasteiger partial charge in [-0.2, -0.15) is 0 Å². The largest absolute Gasteiger partial charge is 0.352 e. The summed E-state index contributed by atoms with van der Waals surface area (Å²) in [5.41, 5.74) is 6.04. The van der Waals surface area contributed by atoms with Crippen molar-refractivity contribution in [3.8, 4) is 11.8 Å². The van der Waals surface area contributed by atoms with Crippen LogP contribution in [0.25, 0.3) is 0 Å². The van der Waals surface area contributed by atoms with Gasteiger partial charge in [-0.05, 0) is 24.8 Å². The van der Waals surface area contributed by atoms with Crippen molar-refractivity contribution in [3.63, 3.8) is 0 Å². The summed E-state index contributed by atoms with van der Waals surface area (Å²) in [5, 5.41) is 4.89. The Bertz CT molecular complexity index is 478. The Morgan fingerprint density at radius 2 is 2.21 bits per heavy atom. The molecule has 1 aliphatic rings. The Morgan fingerprint density at radius 3 is 2.95 bits per heavy atom. The third kappa shape index (κ3) is 4.38. The zero-order chi connectivity index (χ0) is 13.5. The summed E-state index contributed by atoms with van der Waals surface area (Å²) in [5.74, 6) is 6.42. The molecule has 0 aromatic carbocycles. The minimum absolute atomic E-state index is 0.0163. The van der Waals surface area contributed by atoms with Gasteiger partial charge in [0, 0.05) is 11.9 Å². The van der Waals surface area contributed by atoms with E-state index in [1.54, 1.807) is 0 Å². The smallest absolute Gasteiger partial charge is 0.252 e. The molecule has 0 spiro atoms. The zero-order valence-electron chi connectivity index (χ0n) is 11.1. The summed E-state index contributed by atoms with van der Waals surface area (Å²) >= 11 is 1.49. The molecule has 19 heavy (non-hydrogen) atoms. The predicted molar refractivity (Wildman–Crippen MR) is 79.2 cm³/mol. The Kier molecular flexibility index (Phi) is 5.44. The van der Waals surface area contributed by atoms with E-state index in [0.717, 1.165) is 11.4 Å². The summed E-state index contributed by atoms with van der Waals surface area (Å²) in [6, 6.07) is 1.84. The number of nitrogens with one attached hydrogen (secondary N) is 1. The fraction of sp³-hybridized carbons (Fsp3) is 0.533. The van der Waals surface area contributed by atoms with Gasteiger partial charge in [-0.15, -0.1) is 11.3 Å². The summed E-state index contributed by atoms with van der Waals surface area (Å²) in [7, 11) is 0. The van der Waals surface area contributed by atoms with Crippen LogP contribution in [0.15, 0.2) is 11.4 Å². The average molecular weight is 276 g/mol. The maximum Gasteiger partial charge on any atom is 0.252 e. The molecule has 1 amide bonds. The predicted octanol–water partition coefficient (Wildman–Crippen LogP) is 2.37. The normalized spacial score (nSPS) is 15.6. The van der Waals surface area contributed by atoms with Crippen LogP contribution in [0, 0.1) is 17.8 Å². The van der Waals surface area contributed by atoms with E-state index in [4.69, 9.17) is 5.73 Å². The number of thiophene rings is 1. The van der Waals surface area contributed by atoms with E-state index in [0.29, 0.717) is 18.0 Å². The van der Waals surface area contributed by atoms with Gasteiger partial charge in [0.1, 0.15) is 0 Å². The molecule has 0 radical (unpaired) electrons. The molecule has 1 aliphatic carbocycles. The number of nitrogens with two attached hydrogens (primary N) is 1. The average Bonchev–Trinajstić information content (AvgIpc) is 2.92. The molecule has 3 N–H and O–H groups in total.